The van der Waals surface area contributed by atoms with E-state index in [1.54, 1.807) is 6.92 Å². The van der Waals surface area contributed by atoms with Crippen LogP contribution in [0.15, 0.2) is 53.4 Å². The highest BCUT2D eigenvalue weighted by Crippen LogP contribution is 2.23. The second-order valence-electron chi connectivity index (χ2n) is 6.22. The Labute approximate surface area is 170 Å². The van der Waals surface area contributed by atoms with Crippen molar-refractivity contribution < 1.29 is 23.1 Å². The van der Waals surface area contributed by atoms with E-state index in [1.165, 1.54) is 18.2 Å². The Morgan fingerprint density at radius 2 is 1.93 bits per heavy atom. The molecule has 29 heavy (non-hydrogen) atoms. The van der Waals surface area contributed by atoms with Gasteiger partial charge in [-0.25, -0.2) is 17.9 Å². The first-order valence-corrected chi connectivity index (χ1v) is 10.4. The molecule has 0 heterocycles. The smallest absolute Gasteiger partial charge is 0.331 e. The van der Waals surface area contributed by atoms with E-state index < -0.39 is 21.7 Å². The molecule has 0 amide bonds. The minimum absolute atomic E-state index is 0.121. The molecule has 0 radical (unpaired) electrons. The maximum absolute atomic E-state index is 12.4. The molecule has 0 aliphatic heterocycles. The van der Waals surface area contributed by atoms with Crippen molar-refractivity contribution in [2.45, 2.75) is 25.2 Å². The molecule has 0 bridgehead atoms. The lowest BCUT2D eigenvalue weighted by Gasteiger charge is -2.09. The van der Waals surface area contributed by atoms with Gasteiger partial charge in [0.15, 0.2) is 0 Å². The van der Waals surface area contributed by atoms with Crippen LogP contribution >= 0.6 is 0 Å². The number of rotatable bonds is 8. The fourth-order valence-corrected chi connectivity index (χ4v) is 3.74. The van der Waals surface area contributed by atoms with Gasteiger partial charge in [0.05, 0.1) is 18.2 Å². The van der Waals surface area contributed by atoms with E-state index in [-0.39, 0.29) is 17.0 Å². The van der Waals surface area contributed by atoms with Crippen LogP contribution < -0.4 is 4.72 Å². The van der Waals surface area contributed by atoms with Crippen LogP contribution in [0.25, 0.3) is 5.57 Å². The average Bonchev–Trinajstić information content (AvgIpc) is 2.68. The van der Waals surface area contributed by atoms with E-state index in [2.05, 4.69) is 4.72 Å². The van der Waals surface area contributed by atoms with Crippen LogP contribution in [-0.2, 0) is 26.0 Å². The second kappa shape index (κ2) is 9.87. The summed E-state index contributed by atoms with van der Waals surface area (Å²) >= 11 is 0. The number of carbonyl (C=O) groups is 1. The third-order valence-corrected chi connectivity index (χ3v) is 5.60. The molecule has 2 N–H and O–H groups in total. The topological polar surface area (TPSA) is 116 Å². The summed E-state index contributed by atoms with van der Waals surface area (Å²) in [5, 5.41) is 18.7. The lowest BCUT2D eigenvalue weighted by molar-refractivity contribution is -0.137. The number of phenols is 1. The van der Waals surface area contributed by atoms with Crippen LogP contribution in [0.3, 0.4) is 0 Å². The van der Waals surface area contributed by atoms with Gasteiger partial charge in [-0.1, -0.05) is 24.3 Å². The number of carbonyl (C=O) groups excluding carboxylic acids is 1. The van der Waals surface area contributed by atoms with Gasteiger partial charge in [0, 0.05) is 12.6 Å². The van der Waals surface area contributed by atoms with Crippen molar-refractivity contribution in [2.75, 3.05) is 13.2 Å². The van der Waals surface area contributed by atoms with E-state index in [0.29, 0.717) is 13.0 Å². The minimum atomic E-state index is -3.95. The number of benzene rings is 2. The Morgan fingerprint density at radius 1 is 1.24 bits per heavy atom. The monoisotopic (exact) mass is 414 g/mol. The summed E-state index contributed by atoms with van der Waals surface area (Å²) in [6.07, 6.45) is 1.85. The molecule has 152 valence electrons. The molecule has 2 aromatic rings. The molecule has 0 aromatic heterocycles. The van der Waals surface area contributed by atoms with E-state index in [4.69, 9.17) is 10.00 Å². The fraction of sp³-hybridized carbons (Fsp3) is 0.238. The van der Waals surface area contributed by atoms with Crippen LogP contribution in [0.2, 0.25) is 0 Å². The van der Waals surface area contributed by atoms with Crippen molar-refractivity contribution in [1.29, 1.82) is 5.26 Å². The number of hydrogen-bond donors (Lipinski definition) is 2. The maximum atomic E-state index is 12.4. The van der Waals surface area contributed by atoms with Gasteiger partial charge in [-0.15, -0.1) is 0 Å². The molecule has 0 aliphatic carbocycles. The molecule has 0 atom stereocenters. The molecule has 0 saturated carbocycles. The highest BCUT2D eigenvalue weighted by molar-refractivity contribution is 7.89. The van der Waals surface area contributed by atoms with Crippen LogP contribution in [-0.4, -0.2) is 32.6 Å². The largest absolute Gasteiger partial charge is 0.507 e. The van der Waals surface area contributed by atoms with Crippen molar-refractivity contribution in [3.05, 3.63) is 65.2 Å². The number of nitriles is 1. The number of allylic oxidation sites excluding steroid dienone is 1. The fourth-order valence-electron chi connectivity index (χ4n) is 2.58. The van der Waals surface area contributed by atoms with E-state index in [1.807, 2.05) is 37.3 Å². The molecule has 0 saturated heterocycles. The summed E-state index contributed by atoms with van der Waals surface area (Å²) in [4.78, 5) is 11.2. The van der Waals surface area contributed by atoms with Gasteiger partial charge in [-0.05, 0) is 55.2 Å². The summed E-state index contributed by atoms with van der Waals surface area (Å²) in [6.45, 7) is 3.99. The third kappa shape index (κ3) is 6.17. The zero-order valence-electron chi connectivity index (χ0n) is 16.2. The first kappa shape index (κ1) is 22.1. The summed E-state index contributed by atoms with van der Waals surface area (Å²) in [5.41, 5.74) is 2.67. The molecule has 2 rings (SSSR count). The van der Waals surface area contributed by atoms with Crippen molar-refractivity contribution >= 4 is 21.6 Å². The van der Waals surface area contributed by atoms with Crippen LogP contribution in [0.1, 0.15) is 30.5 Å². The summed E-state index contributed by atoms with van der Waals surface area (Å²) in [5.74, 6) is -0.808. The Morgan fingerprint density at radius 3 is 2.55 bits per heavy atom. The molecule has 0 spiro atoms. The van der Waals surface area contributed by atoms with Crippen LogP contribution in [0.5, 0.6) is 5.75 Å². The lowest BCUT2D eigenvalue weighted by atomic mass is 10.0. The van der Waals surface area contributed by atoms with Crippen LogP contribution in [0.4, 0.5) is 0 Å². The van der Waals surface area contributed by atoms with Crippen molar-refractivity contribution in [1.82, 2.24) is 4.72 Å². The van der Waals surface area contributed by atoms with Crippen molar-refractivity contribution in [2.24, 2.45) is 0 Å². The molecule has 7 nitrogen and oxygen atoms in total. The summed E-state index contributed by atoms with van der Waals surface area (Å²) in [7, 11) is -3.95. The predicted molar refractivity (Wildman–Crippen MR) is 108 cm³/mol. The highest BCUT2D eigenvalue weighted by atomic mass is 32.2. The van der Waals surface area contributed by atoms with Gasteiger partial charge in [0.1, 0.15) is 10.6 Å². The molecule has 0 unspecified atom stereocenters. The van der Waals surface area contributed by atoms with E-state index in [9.17, 15) is 18.3 Å². The number of hydrogen-bond acceptors (Lipinski definition) is 6. The number of ether oxygens (including phenoxy) is 1. The quantitative estimate of drug-likeness (QED) is 0.507. The molecule has 8 heteroatoms. The third-order valence-electron chi connectivity index (χ3n) is 4.11. The first-order chi connectivity index (χ1) is 13.8. The zero-order valence-corrected chi connectivity index (χ0v) is 17.0. The highest BCUT2D eigenvalue weighted by Gasteiger charge is 2.18. The predicted octanol–water partition coefficient (Wildman–Crippen LogP) is 2.75. The average molecular weight is 414 g/mol. The summed E-state index contributed by atoms with van der Waals surface area (Å²) in [6, 6.07) is 12.9. The van der Waals surface area contributed by atoms with Gasteiger partial charge < -0.3 is 9.84 Å². The second-order valence-corrected chi connectivity index (χ2v) is 7.95. The Balaban J connectivity index is 2.00. The lowest BCUT2D eigenvalue weighted by Crippen LogP contribution is -2.26. The first-order valence-electron chi connectivity index (χ1n) is 8.94. The maximum Gasteiger partial charge on any atom is 0.331 e. The minimum Gasteiger partial charge on any atom is -0.507 e. The van der Waals surface area contributed by atoms with Gasteiger partial charge >= 0.3 is 5.97 Å². The van der Waals surface area contributed by atoms with Gasteiger partial charge in [-0.3, -0.25) is 0 Å². The number of aromatic hydroxyl groups is 1. The Hall–Kier alpha value is -3.15. The van der Waals surface area contributed by atoms with Gasteiger partial charge in [0.2, 0.25) is 10.0 Å². The molecule has 2 aromatic carbocycles. The zero-order chi connectivity index (χ0) is 21.4. The van der Waals surface area contributed by atoms with E-state index in [0.717, 1.165) is 22.8 Å². The standard InChI is InChI=1S/C21H22N2O5S/c1-3-28-21(25)12-15(2)18-7-4-16(5-8-18)10-11-23-29(26,27)20-13-17(14-22)6-9-19(20)24/h4-9,12-13,23-24H,3,10-11H2,1-2H3. The Bertz CT molecular complexity index is 1050. The molecular weight excluding hydrogens is 392 g/mol. The molecular formula is C21H22N2O5S. The molecule has 0 fully saturated rings. The number of phenolic OH excluding ortho intramolecular Hbond substituents is 1. The number of nitrogens with one attached hydrogen (secondary N) is 1. The summed E-state index contributed by atoms with van der Waals surface area (Å²) < 4.78 is 32.1. The number of sulfonamides is 1. The SMILES string of the molecule is CCOC(=O)C=C(C)c1ccc(CCNS(=O)(=O)c2cc(C#N)ccc2O)cc1. The Kier molecular flexibility index (Phi) is 7.53. The number of esters is 1. The normalized spacial score (nSPS) is 11.7. The van der Waals surface area contributed by atoms with Crippen LogP contribution in [0, 0.1) is 11.3 Å². The van der Waals surface area contributed by atoms with Gasteiger partial charge in [-0.2, -0.15) is 5.26 Å². The van der Waals surface area contributed by atoms with Crippen molar-refractivity contribution in [3.63, 3.8) is 0 Å². The van der Waals surface area contributed by atoms with E-state index >= 15 is 0 Å². The van der Waals surface area contributed by atoms with Gasteiger partial charge in [0.25, 0.3) is 0 Å². The molecule has 0 aliphatic rings. The van der Waals surface area contributed by atoms with Crippen molar-refractivity contribution in [3.8, 4) is 11.8 Å². The number of nitrogens with zero attached hydrogens (tertiary/aromatic N) is 1.